The standard InChI is InChI=1S/C25H23N3O2S/c1-17(2)30-21-12-10-20(11-13-21)24(29)28(26-16-19-7-5-4-6-8-19)25-27-22-14-9-18(3)15-23(22)31-25/h4-17H,1-3H3/b26-16+. The highest BCUT2D eigenvalue weighted by Crippen LogP contribution is 2.31. The zero-order valence-corrected chi connectivity index (χ0v) is 18.5. The molecule has 31 heavy (non-hydrogen) atoms. The molecule has 6 heteroatoms. The average Bonchev–Trinajstić information content (AvgIpc) is 3.17. The van der Waals surface area contributed by atoms with Gasteiger partial charge in [-0.15, -0.1) is 0 Å². The van der Waals surface area contributed by atoms with Crippen LogP contribution in [-0.4, -0.2) is 23.2 Å². The summed E-state index contributed by atoms with van der Waals surface area (Å²) in [7, 11) is 0. The van der Waals surface area contributed by atoms with Gasteiger partial charge in [-0.05, 0) is 68.3 Å². The number of carbonyl (C=O) groups excluding carboxylic acids is 1. The quantitative estimate of drug-likeness (QED) is 0.276. The van der Waals surface area contributed by atoms with E-state index in [1.807, 2.05) is 63.2 Å². The van der Waals surface area contributed by atoms with E-state index in [1.165, 1.54) is 16.3 Å². The first-order valence-corrected chi connectivity index (χ1v) is 10.9. The fourth-order valence-electron chi connectivity index (χ4n) is 3.03. The van der Waals surface area contributed by atoms with Crippen LogP contribution in [0.25, 0.3) is 10.2 Å². The minimum atomic E-state index is -0.251. The van der Waals surface area contributed by atoms with Gasteiger partial charge in [0.25, 0.3) is 5.91 Å². The predicted molar refractivity (Wildman–Crippen MR) is 127 cm³/mol. The Morgan fingerprint density at radius 3 is 2.52 bits per heavy atom. The minimum Gasteiger partial charge on any atom is -0.491 e. The molecule has 0 aliphatic heterocycles. The zero-order valence-electron chi connectivity index (χ0n) is 17.6. The van der Waals surface area contributed by atoms with Crippen LogP contribution in [0, 0.1) is 6.92 Å². The molecule has 0 unspecified atom stereocenters. The smallest absolute Gasteiger partial charge is 0.280 e. The third-order valence-corrected chi connectivity index (χ3v) is 5.49. The van der Waals surface area contributed by atoms with Gasteiger partial charge in [-0.25, -0.2) is 4.98 Å². The van der Waals surface area contributed by atoms with Crippen LogP contribution >= 0.6 is 11.3 Å². The lowest BCUT2D eigenvalue weighted by molar-refractivity contribution is 0.0988. The van der Waals surface area contributed by atoms with Crippen LogP contribution in [-0.2, 0) is 0 Å². The largest absolute Gasteiger partial charge is 0.491 e. The summed E-state index contributed by atoms with van der Waals surface area (Å²) in [6, 6.07) is 22.8. The number of aryl methyl sites for hydroxylation is 1. The molecule has 0 atom stereocenters. The second kappa shape index (κ2) is 9.10. The molecule has 0 radical (unpaired) electrons. The van der Waals surface area contributed by atoms with Crippen molar-refractivity contribution in [1.29, 1.82) is 0 Å². The molecule has 4 aromatic rings. The van der Waals surface area contributed by atoms with Gasteiger partial charge in [-0.3, -0.25) is 4.79 Å². The Kier molecular flexibility index (Phi) is 6.09. The van der Waals surface area contributed by atoms with Crippen molar-refractivity contribution in [2.45, 2.75) is 26.9 Å². The fraction of sp³-hybridized carbons (Fsp3) is 0.160. The van der Waals surface area contributed by atoms with E-state index in [2.05, 4.69) is 16.2 Å². The normalized spacial score (nSPS) is 11.4. The Balaban J connectivity index is 1.70. The van der Waals surface area contributed by atoms with Crippen LogP contribution in [0.5, 0.6) is 5.75 Å². The maximum absolute atomic E-state index is 13.4. The first kappa shape index (κ1) is 20.8. The SMILES string of the molecule is Cc1ccc2nc(N(/N=C/c3ccccc3)C(=O)c3ccc(OC(C)C)cc3)sc2c1. The van der Waals surface area contributed by atoms with Crippen molar-refractivity contribution >= 4 is 38.8 Å². The Hall–Kier alpha value is -3.51. The third kappa shape index (κ3) is 4.98. The van der Waals surface area contributed by atoms with Gasteiger partial charge in [0.15, 0.2) is 0 Å². The monoisotopic (exact) mass is 429 g/mol. The van der Waals surface area contributed by atoms with Crippen LogP contribution in [0.15, 0.2) is 77.9 Å². The summed E-state index contributed by atoms with van der Waals surface area (Å²) in [6.45, 7) is 5.97. The number of carbonyl (C=O) groups is 1. The molecule has 0 saturated carbocycles. The van der Waals surface area contributed by atoms with Crippen LogP contribution in [0.4, 0.5) is 5.13 Å². The van der Waals surface area contributed by atoms with E-state index in [4.69, 9.17) is 4.74 Å². The number of anilines is 1. The number of aromatic nitrogens is 1. The zero-order chi connectivity index (χ0) is 21.8. The second-order valence-electron chi connectivity index (χ2n) is 7.43. The van der Waals surface area contributed by atoms with Crippen molar-refractivity contribution < 1.29 is 9.53 Å². The summed E-state index contributed by atoms with van der Waals surface area (Å²) in [5, 5.41) is 6.40. The number of amides is 1. The predicted octanol–water partition coefficient (Wildman–Crippen LogP) is 6.07. The highest BCUT2D eigenvalue weighted by atomic mass is 32.1. The van der Waals surface area contributed by atoms with Gasteiger partial charge in [0.2, 0.25) is 5.13 Å². The lowest BCUT2D eigenvalue weighted by atomic mass is 10.2. The Bertz CT molecular complexity index is 1210. The van der Waals surface area contributed by atoms with Crippen molar-refractivity contribution in [1.82, 2.24) is 4.98 Å². The van der Waals surface area contributed by atoms with Crippen LogP contribution < -0.4 is 9.75 Å². The van der Waals surface area contributed by atoms with Crippen LogP contribution in [0.1, 0.15) is 35.3 Å². The number of hydrazone groups is 1. The number of fused-ring (bicyclic) bond motifs is 1. The van der Waals surface area contributed by atoms with Crippen molar-refractivity contribution in [3.8, 4) is 5.75 Å². The van der Waals surface area contributed by atoms with E-state index < -0.39 is 0 Å². The van der Waals surface area contributed by atoms with Crippen molar-refractivity contribution in [3.63, 3.8) is 0 Å². The molecule has 1 heterocycles. The first-order chi connectivity index (χ1) is 15.0. The Labute approximate surface area is 185 Å². The van der Waals surface area contributed by atoms with E-state index in [-0.39, 0.29) is 12.0 Å². The summed E-state index contributed by atoms with van der Waals surface area (Å²) in [5.74, 6) is 0.473. The number of rotatable bonds is 6. The number of benzene rings is 3. The lowest BCUT2D eigenvalue weighted by Gasteiger charge is -2.15. The number of thiazole rings is 1. The summed E-state index contributed by atoms with van der Waals surface area (Å²) in [5.41, 5.74) is 3.41. The van der Waals surface area contributed by atoms with Crippen molar-refractivity contribution in [2.75, 3.05) is 5.01 Å². The number of hydrogen-bond donors (Lipinski definition) is 0. The van der Waals surface area contributed by atoms with E-state index in [0.29, 0.717) is 10.7 Å². The molecule has 1 aromatic heterocycles. The molecular formula is C25H23N3O2S. The minimum absolute atomic E-state index is 0.0692. The Morgan fingerprint density at radius 1 is 1.06 bits per heavy atom. The number of ether oxygens (including phenoxy) is 1. The van der Waals surface area contributed by atoms with E-state index in [9.17, 15) is 4.79 Å². The maximum atomic E-state index is 13.4. The van der Waals surface area contributed by atoms with Gasteiger partial charge in [-0.2, -0.15) is 10.1 Å². The van der Waals surface area contributed by atoms with Crippen LogP contribution in [0.2, 0.25) is 0 Å². The number of nitrogens with zero attached hydrogens (tertiary/aromatic N) is 3. The molecule has 0 spiro atoms. The van der Waals surface area contributed by atoms with Gasteiger partial charge < -0.3 is 4.74 Å². The van der Waals surface area contributed by atoms with Crippen molar-refractivity contribution in [2.24, 2.45) is 5.10 Å². The summed E-state index contributed by atoms with van der Waals surface area (Å²) in [4.78, 5) is 18.0. The maximum Gasteiger partial charge on any atom is 0.280 e. The topological polar surface area (TPSA) is 54.8 Å². The average molecular weight is 430 g/mol. The fourth-order valence-corrected chi connectivity index (χ4v) is 4.05. The first-order valence-electron chi connectivity index (χ1n) is 10.1. The van der Waals surface area contributed by atoms with Gasteiger partial charge in [0.05, 0.1) is 22.5 Å². The van der Waals surface area contributed by atoms with Gasteiger partial charge in [0.1, 0.15) is 5.75 Å². The molecule has 4 rings (SSSR count). The molecular weight excluding hydrogens is 406 g/mol. The lowest BCUT2D eigenvalue weighted by Crippen LogP contribution is -2.25. The second-order valence-corrected chi connectivity index (χ2v) is 8.44. The molecule has 156 valence electrons. The Morgan fingerprint density at radius 2 is 1.81 bits per heavy atom. The van der Waals surface area contributed by atoms with Gasteiger partial charge in [-0.1, -0.05) is 47.7 Å². The molecule has 0 fully saturated rings. The summed E-state index contributed by atoms with van der Waals surface area (Å²) >= 11 is 1.44. The van der Waals surface area contributed by atoms with Gasteiger partial charge in [0, 0.05) is 5.56 Å². The van der Waals surface area contributed by atoms with Gasteiger partial charge >= 0.3 is 0 Å². The highest BCUT2D eigenvalue weighted by molar-refractivity contribution is 7.22. The summed E-state index contributed by atoms with van der Waals surface area (Å²) < 4.78 is 6.70. The molecule has 0 bridgehead atoms. The molecule has 3 aromatic carbocycles. The molecule has 0 aliphatic rings. The van der Waals surface area contributed by atoms with E-state index >= 15 is 0 Å². The molecule has 0 saturated heterocycles. The molecule has 1 amide bonds. The highest BCUT2D eigenvalue weighted by Gasteiger charge is 2.21. The summed E-state index contributed by atoms with van der Waals surface area (Å²) in [6.07, 6.45) is 1.74. The molecule has 5 nitrogen and oxygen atoms in total. The van der Waals surface area contributed by atoms with Crippen LogP contribution in [0.3, 0.4) is 0 Å². The third-order valence-electron chi connectivity index (χ3n) is 4.50. The molecule has 0 aliphatic carbocycles. The van der Waals surface area contributed by atoms with Crippen molar-refractivity contribution in [3.05, 3.63) is 89.5 Å². The van der Waals surface area contributed by atoms with E-state index in [0.717, 1.165) is 27.1 Å². The number of hydrogen-bond acceptors (Lipinski definition) is 5. The molecule has 0 N–H and O–H groups in total. The van der Waals surface area contributed by atoms with E-state index in [1.54, 1.807) is 30.5 Å².